The molecule has 0 aliphatic carbocycles. The van der Waals surface area contributed by atoms with Crippen molar-refractivity contribution >= 4 is 16.0 Å². The van der Waals surface area contributed by atoms with Crippen LogP contribution in [0.3, 0.4) is 0 Å². The number of nitrogens with one attached hydrogen (secondary N) is 1. The Morgan fingerprint density at radius 2 is 1.78 bits per heavy atom. The first-order valence-corrected chi connectivity index (χ1v) is 9.98. The molecule has 0 aromatic carbocycles. The second-order valence-corrected chi connectivity index (χ2v) is 7.70. The first kappa shape index (κ1) is 22.1. The molecular formula is C16H32N2O4S. The second kappa shape index (κ2) is 10.8. The number of quaternary nitrogens is 1. The van der Waals surface area contributed by atoms with Gasteiger partial charge in [0.15, 0.2) is 6.67 Å². The second-order valence-electron chi connectivity index (χ2n) is 6.18. The molecule has 0 saturated heterocycles. The molecule has 0 aromatic rings. The van der Waals surface area contributed by atoms with Crippen LogP contribution in [0.2, 0.25) is 0 Å². The van der Waals surface area contributed by atoms with Crippen LogP contribution >= 0.6 is 0 Å². The summed E-state index contributed by atoms with van der Waals surface area (Å²) < 4.78 is 33.5. The summed E-state index contributed by atoms with van der Waals surface area (Å²) >= 11 is 0. The van der Waals surface area contributed by atoms with Gasteiger partial charge in [0.1, 0.15) is 0 Å². The molecule has 6 nitrogen and oxygen atoms in total. The number of hydrogen-bond donors (Lipinski definition) is 1. The van der Waals surface area contributed by atoms with Crippen molar-refractivity contribution in [1.29, 1.82) is 0 Å². The van der Waals surface area contributed by atoms with E-state index in [0.29, 0.717) is 17.6 Å². The molecule has 7 heteroatoms. The highest BCUT2D eigenvalue weighted by Gasteiger charge is 2.33. The smallest absolute Gasteiger partial charge is 0.247 e. The number of carbonyl (C=O) groups is 1. The summed E-state index contributed by atoms with van der Waals surface area (Å²) in [6.45, 7) is 11.8. The monoisotopic (exact) mass is 348 g/mol. The first-order chi connectivity index (χ1) is 10.7. The van der Waals surface area contributed by atoms with Gasteiger partial charge < -0.3 is 14.4 Å². The Labute approximate surface area is 141 Å². The van der Waals surface area contributed by atoms with Gasteiger partial charge in [-0.05, 0) is 25.8 Å². The molecule has 0 bridgehead atoms. The van der Waals surface area contributed by atoms with Crippen LogP contribution in [0.1, 0.15) is 52.9 Å². The van der Waals surface area contributed by atoms with Gasteiger partial charge in [0, 0.05) is 12.2 Å². The van der Waals surface area contributed by atoms with Crippen molar-refractivity contribution in [1.82, 2.24) is 5.32 Å². The normalized spacial score (nSPS) is 13.6. The van der Waals surface area contributed by atoms with Crippen molar-refractivity contribution in [2.24, 2.45) is 0 Å². The number of amides is 1. The fourth-order valence-corrected chi connectivity index (χ4v) is 3.34. The molecule has 0 saturated carbocycles. The SMILES string of the molecule is C=CC(=O)NC[N+](CCCC)(CCCC)C(C)CCS(=O)(=O)[O-]. The molecule has 0 radical (unpaired) electrons. The van der Waals surface area contributed by atoms with E-state index in [4.69, 9.17) is 0 Å². The fraction of sp³-hybridized carbons (Fsp3) is 0.812. The molecule has 0 aliphatic rings. The molecule has 1 N–H and O–H groups in total. The van der Waals surface area contributed by atoms with Crippen LogP contribution < -0.4 is 5.32 Å². The van der Waals surface area contributed by atoms with Gasteiger partial charge in [0.2, 0.25) is 5.91 Å². The maximum Gasteiger partial charge on any atom is 0.247 e. The Morgan fingerprint density at radius 1 is 1.26 bits per heavy atom. The summed E-state index contributed by atoms with van der Waals surface area (Å²) in [6, 6.07) is -0.0121. The average molecular weight is 349 g/mol. The predicted octanol–water partition coefficient (Wildman–Crippen LogP) is 1.99. The summed E-state index contributed by atoms with van der Waals surface area (Å²) in [5.74, 6) is -0.592. The van der Waals surface area contributed by atoms with Crippen molar-refractivity contribution in [3.05, 3.63) is 12.7 Å². The third-order valence-corrected chi connectivity index (χ3v) is 5.12. The van der Waals surface area contributed by atoms with E-state index in [-0.39, 0.29) is 17.7 Å². The number of carbonyl (C=O) groups excluding carboxylic acids is 1. The highest BCUT2D eigenvalue weighted by atomic mass is 32.2. The van der Waals surface area contributed by atoms with Crippen LogP contribution in [0.5, 0.6) is 0 Å². The Morgan fingerprint density at radius 3 is 2.17 bits per heavy atom. The molecule has 1 unspecified atom stereocenters. The van der Waals surface area contributed by atoms with Gasteiger partial charge in [-0.1, -0.05) is 33.3 Å². The van der Waals surface area contributed by atoms with E-state index in [1.54, 1.807) is 0 Å². The van der Waals surface area contributed by atoms with E-state index in [0.717, 1.165) is 38.8 Å². The number of hydrogen-bond acceptors (Lipinski definition) is 4. The minimum absolute atomic E-state index is 0.0121. The molecule has 0 heterocycles. The highest BCUT2D eigenvalue weighted by Crippen LogP contribution is 2.20. The molecule has 0 fully saturated rings. The Hall–Kier alpha value is -0.920. The molecule has 0 rings (SSSR count). The maximum atomic E-state index is 11.6. The maximum absolute atomic E-state index is 11.6. The summed E-state index contributed by atoms with van der Waals surface area (Å²) in [5, 5.41) is 2.86. The van der Waals surface area contributed by atoms with Crippen molar-refractivity contribution in [3.63, 3.8) is 0 Å². The fourth-order valence-electron chi connectivity index (χ4n) is 2.71. The molecule has 0 aromatic heterocycles. The molecular weight excluding hydrogens is 316 g/mol. The van der Waals surface area contributed by atoms with E-state index < -0.39 is 10.1 Å². The molecule has 1 amide bonds. The lowest BCUT2D eigenvalue weighted by molar-refractivity contribution is -0.951. The zero-order chi connectivity index (χ0) is 17.9. The highest BCUT2D eigenvalue weighted by molar-refractivity contribution is 7.85. The van der Waals surface area contributed by atoms with Crippen LogP contribution in [0.4, 0.5) is 0 Å². The van der Waals surface area contributed by atoms with E-state index in [2.05, 4.69) is 25.7 Å². The van der Waals surface area contributed by atoms with Gasteiger partial charge in [0.25, 0.3) is 0 Å². The largest absolute Gasteiger partial charge is 0.748 e. The van der Waals surface area contributed by atoms with Gasteiger partial charge in [-0.25, -0.2) is 8.42 Å². The Bertz CT molecular complexity index is 455. The standard InChI is InChI=1S/C16H32N2O4S/c1-5-8-11-18(12-9-6-2,14-17-16(19)7-3)15(4)10-13-23(20,21)22/h7,15H,3,5-6,8-14H2,1-2,4H3,(H-,17,19,20,21,22). The van der Waals surface area contributed by atoms with Crippen molar-refractivity contribution in [3.8, 4) is 0 Å². The molecule has 1 atom stereocenters. The Balaban J connectivity index is 5.20. The van der Waals surface area contributed by atoms with Crippen LogP contribution in [-0.4, -0.2) is 54.9 Å². The summed E-state index contributed by atoms with van der Waals surface area (Å²) in [6.07, 6.45) is 5.57. The van der Waals surface area contributed by atoms with Crippen LogP contribution in [-0.2, 0) is 14.9 Å². The lowest BCUT2D eigenvalue weighted by Crippen LogP contribution is -2.60. The third kappa shape index (κ3) is 9.07. The molecule has 0 spiro atoms. The van der Waals surface area contributed by atoms with E-state index in [1.165, 1.54) is 6.08 Å². The van der Waals surface area contributed by atoms with Gasteiger partial charge in [-0.15, -0.1) is 0 Å². The van der Waals surface area contributed by atoms with Gasteiger partial charge in [-0.3, -0.25) is 4.79 Å². The van der Waals surface area contributed by atoms with Crippen LogP contribution in [0, 0.1) is 0 Å². The number of unbranched alkanes of at least 4 members (excludes halogenated alkanes) is 2. The molecule has 136 valence electrons. The minimum atomic E-state index is -4.22. The number of rotatable bonds is 13. The van der Waals surface area contributed by atoms with Gasteiger partial charge in [-0.2, -0.15) is 0 Å². The zero-order valence-electron chi connectivity index (χ0n) is 14.7. The predicted molar refractivity (Wildman–Crippen MR) is 91.7 cm³/mol. The van der Waals surface area contributed by atoms with Crippen LogP contribution in [0.25, 0.3) is 0 Å². The third-order valence-electron chi connectivity index (χ3n) is 4.39. The number of nitrogens with zero attached hydrogens (tertiary/aromatic N) is 1. The quantitative estimate of drug-likeness (QED) is 0.239. The molecule has 23 heavy (non-hydrogen) atoms. The summed E-state index contributed by atoms with van der Waals surface area (Å²) in [5.41, 5.74) is 0. The van der Waals surface area contributed by atoms with Crippen molar-refractivity contribution in [2.75, 3.05) is 25.5 Å². The van der Waals surface area contributed by atoms with Gasteiger partial charge >= 0.3 is 0 Å². The summed E-state index contributed by atoms with van der Waals surface area (Å²) in [4.78, 5) is 11.6. The zero-order valence-corrected chi connectivity index (χ0v) is 15.5. The summed E-state index contributed by atoms with van der Waals surface area (Å²) in [7, 11) is -4.22. The average Bonchev–Trinajstić information content (AvgIpc) is 2.51. The van der Waals surface area contributed by atoms with Gasteiger partial charge in [0.05, 0.1) is 29.2 Å². The minimum Gasteiger partial charge on any atom is -0.748 e. The molecule has 0 aliphatic heterocycles. The Kier molecular flexibility index (Phi) is 10.3. The van der Waals surface area contributed by atoms with Crippen molar-refractivity contribution < 1.29 is 22.2 Å². The van der Waals surface area contributed by atoms with E-state index in [1.807, 2.05) is 6.92 Å². The lowest BCUT2D eigenvalue weighted by atomic mass is 10.1. The topological polar surface area (TPSA) is 86.3 Å². The van der Waals surface area contributed by atoms with Crippen molar-refractivity contribution in [2.45, 2.75) is 58.9 Å². The van der Waals surface area contributed by atoms with Crippen LogP contribution in [0.15, 0.2) is 12.7 Å². The lowest BCUT2D eigenvalue weighted by Gasteiger charge is -2.44. The van der Waals surface area contributed by atoms with E-state index >= 15 is 0 Å². The first-order valence-electron chi connectivity index (χ1n) is 8.40. The van der Waals surface area contributed by atoms with E-state index in [9.17, 15) is 17.8 Å².